The Morgan fingerprint density at radius 2 is 1.91 bits per heavy atom. The van der Waals surface area contributed by atoms with Crippen molar-refractivity contribution < 1.29 is 4.42 Å². The smallest absolute Gasteiger partial charge is 0.188 e. The fourth-order valence-corrected chi connectivity index (χ4v) is 5.97. The Morgan fingerprint density at radius 1 is 1.09 bits per heavy atom. The maximum atomic E-state index is 5.71. The van der Waals surface area contributed by atoms with Crippen molar-refractivity contribution in [1.29, 1.82) is 0 Å². The molecule has 0 unspecified atom stereocenters. The van der Waals surface area contributed by atoms with E-state index in [1.807, 2.05) is 17.6 Å². The van der Waals surface area contributed by atoms with E-state index in [2.05, 4.69) is 42.2 Å². The van der Waals surface area contributed by atoms with E-state index in [0.29, 0.717) is 0 Å². The van der Waals surface area contributed by atoms with Crippen LogP contribution >= 0.6 is 11.3 Å². The Kier molecular flexibility index (Phi) is 2.90. The predicted octanol–water partition coefficient (Wildman–Crippen LogP) is 5.98. The zero-order valence-electron chi connectivity index (χ0n) is 13.5. The van der Waals surface area contributed by atoms with Crippen LogP contribution in [-0.2, 0) is 12.1 Å². The highest BCUT2D eigenvalue weighted by atomic mass is 32.1. The molecule has 3 heteroatoms. The van der Waals surface area contributed by atoms with Crippen LogP contribution in [0.5, 0.6) is 0 Å². The largest absolute Gasteiger partial charge is 0.454 e. The summed E-state index contributed by atoms with van der Waals surface area (Å²) >= 11 is 1.86. The third-order valence-electron chi connectivity index (χ3n) is 5.76. The molecular weight excluding hydrogens is 302 g/mol. The SMILES string of the molecule is Cc1ccccc1N1Cc2sc3occc3c2C12CCCCC2. The molecule has 0 amide bonds. The Balaban J connectivity index is 1.73. The first kappa shape index (κ1) is 13.7. The van der Waals surface area contributed by atoms with Gasteiger partial charge in [0.05, 0.1) is 18.3 Å². The summed E-state index contributed by atoms with van der Waals surface area (Å²) in [6.45, 7) is 3.28. The van der Waals surface area contributed by atoms with Crippen molar-refractivity contribution in [3.63, 3.8) is 0 Å². The minimum atomic E-state index is 0.182. The third-order valence-corrected chi connectivity index (χ3v) is 6.85. The Labute approximate surface area is 140 Å². The predicted molar refractivity (Wildman–Crippen MR) is 96.2 cm³/mol. The van der Waals surface area contributed by atoms with Gasteiger partial charge in [0.25, 0.3) is 0 Å². The van der Waals surface area contributed by atoms with Gasteiger partial charge < -0.3 is 9.32 Å². The molecular formula is C20H21NOS. The maximum Gasteiger partial charge on any atom is 0.188 e. The first-order valence-electron chi connectivity index (χ1n) is 8.62. The number of thiophene rings is 1. The summed E-state index contributed by atoms with van der Waals surface area (Å²) in [5.74, 6) is 0. The number of benzene rings is 1. The van der Waals surface area contributed by atoms with Gasteiger partial charge in [-0.2, -0.15) is 0 Å². The van der Waals surface area contributed by atoms with E-state index in [4.69, 9.17) is 4.42 Å². The molecule has 1 fully saturated rings. The minimum absolute atomic E-state index is 0.182. The zero-order valence-corrected chi connectivity index (χ0v) is 14.3. The second-order valence-electron chi connectivity index (χ2n) is 6.99. The van der Waals surface area contributed by atoms with Crippen molar-refractivity contribution in [2.75, 3.05) is 4.90 Å². The van der Waals surface area contributed by atoms with Crippen LogP contribution in [0.15, 0.2) is 41.0 Å². The van der Waals surface area contributed by atoms with Gasteiger partial charge in [-0.25, -0.2) is 0 Å². The average Bonchev–Trinajstić information content (AvgIpc) is 3.21. The molecule has 118 valence electrons. The number of hydrogen-bond donors (Lipinski definition) is 0. The Bertz CT molecular complexity index is 869. The summed E-state index contributed by atoms with van der Waals surface area (Å²) < 4.78 is 5.71. The van der Waals surface area contributed by atoms with Gasteiger partial charge in [-0.15, -0.1) is 11.3 Å². The number of hydrogen-bond acceptors (Lipinski definition) is 3. The fraction of sp³-hybridized carbons (Fsp3) is 0.400. The second-order valence-corrected chi connectivity index (χ2v) is 8.05. The number of para-hydroxylation sites is 1. The zero-order chi connectivity index (χ0) is 15.4. The van der Waals surface area contributed by atoms with E-state index in [0.717, 1.165) is 11.4 Å². The lowest BCUT2D eigenvalue weighted by Crippen LogP contribution is -2.43. The Hall–Kier alpha value is -1.74. The van der Waals surface area contributed by atoms with Crippen molar-refractivity contribution in [2.24, 2.45) is 0 Å². The summed E-state index contributed by atoms with van der Waals surface area (Å²) in [5, 5.41) is 1.36. The first-order valence-corrected chi connectivity index (χ1v) is 9.44. The van der Waals surface area contributed by atoms with Crippen LogP contribution in [0.4, 0.5) is 5.69 Å². The van der Waals surface area contributed by atoms with Crippen molar-refractivity contribution in [3.05, 3.63) is 52.6 Å². The molecule has 1 aliphatic heterocycles. The second kappa shape index (κ2) is 4.88. The molecule has 23 heavy (non-hydrogen) atoms. The molecule has 3 aromatic rings. The highest BCUT2D eigenvalue weighted by molar-refractivity contribution is 7.18. The van der Waals surface area contributed by atoms with Gasteiger partial charge in [-0.05, 0) is 37.5 Å². The highest BCUT2D eigenvalue weighted by Gasteiger charge is 2.48. The molecule has 2 aliphatic rings. The quantitative estimate of drug-likeness (QED) is 0.547. The summed E-state index contributed by atoms with van der Waals surface area (Å²) in [5.41, 5.74) is 4.56. The number of anilines is 1. The fourth-order valence-electron chi connectivity index (χ4n) is 4.76. The highest BCUT2D eigenvalue weighted by Crippen LogP contribution is 2.55. The molecule has 5 rings (SSSR count). The lowest BCUT2D eigenvalue weighted by molar-refractivity contribution is 0.295. The topological polar surface area (TPSA) is 16.4 Å². The lowest BCUT2D eigenvalue weighted by Gasteiger charge is -2.44. The van der Waals surface area contributed by atoms with Crippen LogP contribution in [0, 0.1) is 6.92 Å². The van der Waals surface area contributed by atoms with E-state index in [-0.39, 0.29) is 5.54 Å². The third kappa shape index (κ3) is 1.80. The van der Waals surface area contributed by atoms with Gasteiger partial charge in [-0.1, -0.05) is 37.5 Å². The molecule has 1 saturated carbocycles. The molecule has 0 N–H and O–H groups in total. The van der Waals surface area contributed by atoms with Crippen LogP contribution in [0.2, 0.25) is 0 Å². The molecule has 1 spiro atoms. The maximum absolute atomic E-state index is 5.71. The molecule has 0 saturated heterocycles. The summed E-state index contributed by atoms with van der Waals surface area (Å²) in [7, 11) is 0. The van der Waals surface area contributed by atoms with Crippen molar-refractivity contribution in [1.82, 2.24) is 0 Å². The number of nitrogens with zero attached hydrogens (tertiary/aromatic N) is 1. The molecule has 0 bridgehead atoms. The monoisotopic (exact) mass is 323 g/mol. The number of aryl methyl sites for hydroxylation is 1. The molecule has 2 nitrogen and oxygen atoms in total. The first-order chi connectivity index (χ1) is 11.3. The van der Waals surface area contributed by atoms with Crippen molar-refractivity contribution >= 4 is 27.3 Å². The molecule has 1 aliphatic carbocycles. The van der Waals surface area contributed by atoms with Crippen LogP contribution in [0.25, 0.3) is 10.3 Å². The van der Waals surface area contributed by atoms with Gasteiger partial charge in [0, 0.05) is 21.5 Å². The van der Waals surface area contributed by atoms with Gasteiger partial charge in [-0.3, -0.25) is 0 Å². The number of fused-ring (bicyclic) bond motifs is 4. The van der Waals surface area contributed by atoms with Crippen molar-refractivity contribution in [2.45, 2.75) is 51.1 Å². The molecule has 1 aromatic carbocycles. The molecule has 2 aromatic heterocycles. The summed E-state index contributed by atoms with van der Waals surface area (Å²) in [4.78, 5) is 5.34. The van der Waals surface area contributed by atoms with E-state index in [9.17, 15) is 0 Å². The van der Waals surface area contributed by atoms with Gasteiger partial charge in [0.2, 0.25) is 0 Å². The normalized spacial score (nSPS) is 19.6. The van der Waals surface area contributed by atoms with Gasteiger partial charge in [0.15, 0.2) is 4.90 Å². The molecule has 0 atom stereocenters. The van der Waals surface area contributed by atoms with Crippen LogP contribution < -0.4 is 4.90 Å². The van der Waals surface area contributed by atoms with E-state index < -0.39 is 0 Å². The van der Waals surface area contributed by atoms with Gasteiger partial charge >= 0.3 is 0 Å². The van der Waals surface area contributed by atoms with E-state index in [1.165, 1.54) is 53.6 Å². The summed E-state index contributed by atoms with van der Waals surface area (Å²) in [6.07, 6.45) is 8.43. The standard InChI is InChI=1S/C20H21NOS/c1-14-7-3-4-8-16(14)21-13-17-18(15-9-12-22-19(15)23-17)20(21)10-5-2-6-11-20/h3-4,7-9,12H,2,5-6,10-11,13H2,1H3. The average molecular weight is 323 g/mol. The van der Waals surface area contributed by atoms with E-state index >= 15 is 0 Å². The van der Waals surface area contributed by atoms with Crippen LogP contribution in [-0.4, -0.2) is 0 Å². The van der Waals surface area contributed by atoms with Crippen molar-refractivity contribution in [3.8, 4) is 0 Å². The minimum Gasteiger partial charge on any atom is -0.454 e. The van der Waals surface area contributed by atoms with Gasteiger partial charge in [0.1, 0.15) is 0 Å². The molecule has 3 heterocycles. The van der Waals surface area contributed by atoms with E-state index in [1.54, 1.807) is 5.56 Å². The Morgan fingerprint density at radius 3 is 2.74 bits per heavy atom. The lowest BCUT2D eigenvalue weighted by atomic mass is 9.76. The number of furan rings is 1. The number of rotatable bonds is 1. The van der Waals surface area contributed by atoms with Crippen LogP contribution in [0.1, 0.15) is 48.1 Å². The molecule has 0 radical (unpaired) electrons. The summed E-state index contributed by atoms with van der Waals surface area (Å²) in [6, 6.07) is 11.0. The van der Waals surface area contributed by atoms with Crippen LogP contribution in [0.3, 0.4) is 0 Å².